The number of benzene rings is 2. The zero-order valence-electron chi connectivity index (χ0n) is 14.5. The lowest BCUT2D eigenvalue weighted by Crippen LogP contribution is -2.14. The molecule has 3 N–H and O–H groups in total. The number of nitrogens with one attached hydrogen (secondary N) is 3. The number of carbonyl (C=O) groups is 2. The minimum absolute atomic E-state index is 0.0886. The number of hydrogen-bond donors (Lipinski definition) is 3. The molecule has 0 aliphatic carbocycles. The second kappa shape index (κ2) is 8.09. The minimum atomic E-state index is -0.519. The van der Waals surface area contributed by atoms with E-state index in [9.17, 15) is 14.0 Å². The van der Waals surface area contributed by atoms with Crippen LogP contribution < -0.4 is 16.0 Å². The molecule has 2 aromatic carbocycles. The Balaban J connectivity index is 1.75. The molecule has 0 saturated carbocycles. The van der Waals surface area contributed by atoms with E-state index < -0.39 is 11.7 Å². The van der Waals surface area contributed by atoms with Gasteiger partial charge in [-0.2, -0.15) is 0 Å². The highest BCUT2D eigenvalue weighted by atomic mass is 19.1. The molecule has 6 nitrogen and oxygen atoms in total. The highest BCUT2D eigenvalue weighted by molar-refractivity contribution is 6.03. The summed E-state index contributed by atoms with van der Waals surface area (Å²) in [6, 6.07) is 16.3. The smallest absolute Gasteiger partial charge is 0.274 e. The monoisotopic (exact) mass is 364 g/mol. The quantitative estimate of drug-likeness (QED) is 0.634. The van der Waals surface area contributed by atoms with Crippen LogP contribution in [0.4, 0.5) is 27.1 Å². The third kappa shape index (κ3) is 4.88. The van der Waals surface area contributed by atoms with Crippen LogP contribution in [-0.4, -0.2) is 16.8 Å². The van der Waals surface area contributed by atoms with Crippen molar-refractivity contribution in [3.8, 4) is 0 Å². The molecule has 0 radical (unpaired) electrons. The van der Waals surface area contributed by atoms with Gasteiger partial charge in [0, 0.05) is 30.2 Å². The minimum Gasteiger partial charge on any atom is -0.355 e. The Kier molecular flexibility index (Phi) is 5.41. The van der Waals surface area contributed by atoms with Gasteiger partial charge in [0.2, 0.25) is 5.91 Å². The fraction of sp³-hybridized carbons (Fsp3) is 0.0500. The van der Waals surface area contributed by atoms with Crippen LogP contribution in [0.15, 0.2) is 66.9 Å². The lowest BCUT2D eigenvalue weighted by atomic mass is 10.2. The molecule has 3 rings (SSSR count). The summed E-state index contributed by atoms with van der Waals surface area (Å²) >= 11 is 0. The van der Waals surface area contributed by atoms with Crippen LogP contribution >= 0.6 is 0 Å². The lowest BCUT2D eigenvalue weighted by molar-refractivity contribution is -0.114. The topological polar surface area (TPSA) is 83.1 Å². The highest BCUT2D eigenvalue weighted by Crippen LogP contribution is 2.21. The van der Waals surface area contributed by atoms with Gasteiger partial charge in [0.1, 0.15) is 11.5 Å². The highest BCUT2D eigenvalue weighted by Gasteiger charge is 2.11. The number of carbonyl (C=O) groups excluding carboxylic acids is 2. The normalized spacial score (nSPS) is 10.1. The second-order valence-electron chi connectivity index (χ2n) is 5.75. The molecule has 0 bridgehead atoms. The van der Waals surface area contributed by atoms with Crippen molar-refractivity contribution >= 4 is 34.6 Å². The summed E-state index contributed by atoms with van der Waals surface area (Å²) in [7, 11) is 0. The molecule has 136 valence electrons. The number of hydrogen-bond acceptors (Lipinski definition) is 4. The van der Waals surface area contributed by atoms with Crippen molar-refractivity contribution in [2.45, 2.75) is 6.92 Å². The largest absolute Gasteiger partial charge is 0.355 e. The molecule has 0 spiro atoms. The van der Waals surface area contributed by atoms with Gasteiger partial charge in [0.25, 0.3) is 5.91 Å². The first-order valence-electron chi connectivity index (χ1n) is 8.18. The van der Waals surface area contributed by atoms with E-state index >= 15 is 0 Å². The third-order valence-corrected chi connectivity index (χ3v) is 3.59. The Morgan fingerprint density at radius 1 is 0.889 bits per heavy atom. The molecule has 0 saturated heterocycles. The fourth-order valence-corrected chi connectivity index (χ4v) is 2.43. The molecule has 1 heterocycles. The number of amides is 2. The fourth-order valence-electron chi connectivity index (χ4n) is 2.43. The van der Waals surface area contributed by atoms with Crippen LogP contribution in [0.5, 0.6) is 0 Å². The maximum Gasteiger partial charge on any atom is 0.274 e. The summed E-state index contributed by atoms with van der Waals surface area (Å²) in [5, 5.41) is 8.34. The summed E-state index contributed by atoms with van der Waals surface area (Å²) in [4.78, 5) is 27.5. The van der Waals surface area contributed by atoms with Crippen LogP contribution in [0.1, 0.15) is 17.4 Å². The summed E-state index contributed by atoms with van der Waals surface area (Å²) in [5.74, 6) is -1.20. The zero-order valence-corrected chi connectivity index (χ0v) is 14.5. The Morgan fingerprint density at radius 3 is 2.41 bits per heavy atom. The average molecular weight is 364 g/mol. The molecular weight excluding hydrogens is 347 g/mol. The van der Waals surface area contributed by atoms with Gasteiger partial charge in [0.05, 0.1) is 5.69 Å². The van der Waals surface area contributed by atoms with Crippen LogP contribution in [0, 0.1) is 5.82 Å². The molecule has 7 heteroatoms. The van der Waals surface area contributed by atoms with E-state index in [4.69, 9.17) is 0 Å². The van der Waals surface area contributed by atoms with Gasteiger partial charge in [-0.3, -0.25) is 14.6 Å². The van der Waals surface area contributed by atoms with Gasteiger partial charge in [-0.15, -0.1) is 0 Å². The van der Waals surface area contributed by atoms with Gasteiger partial charge < -0.3 is 16.0 Å². The van der Waals surface area contributed by atoms with Gasteiger partial charge in [0.15, 0.2) is 0 Å². The number of para-hydroxylation sites is 1. The van der Waals surface area contributed by atoms with Gasteiger partial charge in [-0.25, -0.2) is 4.39 Å². The molecule has 0 fully saturated rings. The number of aromatic nitrogens is 1. The van der Waals surface area contributed by atoms with Crippen molar-refractivity contribution in [3.63, 3.8) is 0 Å². The first kappa shape index (κ1) is 18.1. The zero-order chi connectivity index (χ0) is 19.2. The molecule has 0 unspecified atom stereocenters. The van der Waals surface area contributed by atoms with Crippen LogP contribution in [0.3, 0.4) is 0 Å². The molecule has 0 aliphatic heterocycles. The van der Waals surface area contributed by atoms with Gasteiger partial charge >= 0.3 is 0 Å². The van der Waals surface area contributed by atoms with Crippen molar-refractivity contribution in [2.24, 2.45) is 0 Å². The van der Waals surface area contributed by atoms with Gasteiger partial charge in [-0.1, -0.05) is 18.2 Å². The lowest BCUT2D eigenvalue weighted by Gasteiger charge is -2.10. The molecule has 0 aliphatic rings. The summed E-state index contributed by atoms with van der Waals surface area (Å²) in [5.41, 5.74) is 2.24. The summed E-state index contributed by atoms with van der Waals surface area (Å²) < 4.78 is 13.7. The number of nitrogens with zero attached hydrogens (tertiary/aromatic N) is 1. The third-order valence-electron chi connectivity index (χ3n) is 3.59. The van der Waals surface area contributed by atoms with Crippen molar-refractivity contribution in [1.82, 2.24) is 4.98 Å². The van der Waals surface area contributed by atoms with E-state index in [0.717, 1.165) is 5.69 Å². The molecule has 27 heavy (non-hydrogen) atoms. The van der Waals surface area contributed by atoms with Crippen molar-refractivity contribution in [1.29, 1.82) is 0 Å². The number of anilines is 4. The first-order chi connectivity index (χ1) is 13.0. The average Bonchev–Trinajstić information content (AvgIpc) is 2.63. The number of rotatable bonds is 5. The van der Waals surface area contributed by atoms with E-state index in [-0.39, 0.29) is 17.3 Å². The van der Waals surface area contributed by atoms with Crippen molar-refractivity contribution in [2.75, 3.05) is 16.0 Å². The van der Waals surface area contributed by atoms with Crippen LogP contribution in [0.2, 0.25) is 0 Å². The molecule has 1 aromatic heterocycles. The van der Waals surface area contributed by atoms with E-state index in [1.54, 1.807) is 42.5 Å². The molecule has 0 atom stereocenters. The van der Waals surface area contributed by atoms with Crippen molar-refractivity contribution in [3.05, 3.63) is 78.4 Å². The van der Waals surface area contributed by atoms with Gasteiger partial charge in [-0.05, 0) is 42.5 Å². The van der Waals surface area contributed by atoms with E-state index in [1.807, 2.05) is 6.07 Å². The predicted octanol–water partition coefficient (Wildman–Crippen LogP) is 4.18. The Hall–Kier alpha value is -3.74. The number of halogens is 1. The first-order valence-corrected chi connectivity index (χ1v) is 8.18. The SMILES string of the molecule is CC(=O)Nc1cccc(Nc2ccnc(C(=O)Nc3ccccc3F)c2)c1. The maximum atomic E-state index is 13.7. The number of pyridine rings is 1. The van der Waals surface area contributed by atoms with E-state index in [2.05, 4.69) is 20.9 Å². The molecular formula is C20H17FN4O2. The van der Waals surface area contributed by atoms with Crippen molar-refractivity contribution < 1.29 is 14.0 Å². The second-order valence-corrected chi connectivity index (χ2v) is 5.75. The molecule has 3 aromatic rings. The predicted molar refractivity (Wildman–Crippen MR) is 103 cm³/mol. The summed E-state index contributed by atoms with van der Waals surface area (Å²) in [6.45, 7) is 1.43. The van der Waals surface area contributed by atoms with Crippen LogP contribution in [-0.2, 0) is 4.79 Å². The van der Waals surface area contributed by atoms with E-state index in [0.29, 0.717) is 11.4 Å². The van der Waals surface area contributed by atoms with Crippen LogP contribution in [0.25, 0.3) is 0 Å². The van der Waals surface area contributed by atoms with E-state index in [1.165, 1.54) is 25.3 Å². The Morgan fingerprint density at radius 2 is 1.63 bits per heavy atom. The Bertz CT molecular complexity index is 991. The Labute approximate surface area is 155 Å². The standard InChI is InChI=1S/C20H17FN4O2/c1-13(26)23-14-5-4-6-15(11-14)24-16-9-10-22-19(12-16)20(27)25-18-8-3-2-7-17(18)21/h2-12H,1H3,(H,22,24)(H,23,26)(H,25,27). The maximum absolute atomic E-state index is 13.7. The summed E-state index contributed by atoms with van der Waals surface area (Å²) in [6.07, 6.45) is 1.48. The molecule has 2 amide bonds.